The molecule has 0 heterocycles. The topological polar surface area (TPSA) is 17.1 Å². The van der Waals surface area contributed by atoms with Gasteiger partial charge in [0.15, 0.2) is 5.78 Å². The fourth-order valence-electron chi connectivity index (χ4n) is 1.09. The van der Waals surface area contributed by atoms with Crippen molar-refractivity contribution in [3.8, 4) is 0 Å². The van der Waals surface area contributed by atoms with E-state index < -0.39 is 0 Å². The first-order chi connectivity index (χ1) is 7.00. The Morgan fingerprint density at radius 1 is 1.47 bits per heavy atom. The lowest BCUT2D eigenvalue weighted by atomic mass is 10.1. The van der Waals surface area contributed by atoms with Gasteiger partial charge in [-0.15, -0.1) is 11.8 Å². The summed E-state index contributed by atoms with van der Waals surface area (Å²) >= 11 is 1.49. The van der Waals surface area contributed by atoms with Gasteiger partial charge in [0, 0.05) is 16.2 Å². The van der Waals surface area contributed by atoms with Gasteiger partial charge in [0.2, 0.25) is 0 Å². The van der Waals surface area contributed by atoms with Crippen molar-refractivity contribution >= 4 is 17.5 Å². The quantitative estimate of drug-likeness (QED) is 0.574. The molecule has 0 aliphatic rings. The molecule has 1 aromatic carbocycles. The largest absolute Gasteiger partial charge is 0.295 e. The maximum atomic E-state index is 13.5. The summed E-state index contributed by atoms with van der Waals surface area (Å²) in [6, 6.07) is 4.66. The van der Waals surface area contributed by atoms with E-state index in [0.717, 1.165) is 5.75 Å². The van der Waals surface area contributed by atoms with E-state index in [-0.39, 0.29) is 11.6 Å². The number of hydrogen-bond acceptors (Lipinski definition) is 2. The lowest BCUT2D eigenvalue weighted by molar-refractivity contribution is 0.101. The maximum absolute atomic E-state index is 13.5. The Kier molecular flexibility index (Phi) is 4.33. The molecule has 82 valence electrons. The molecule has 0 fully saturated rings. The zero-order valence-electron chi connectivity index (χ0n) is 9.21. The van der Waals surface area contributed by atoms with E-state index in [1.807, 2.05) is 0 Å². The van der Waals surface area contributed by atoms with E-state index in [4.69, 9.17) is 0 Å². The van der Waals surface area contributed by atoms with Gasteiger partial charge in [0.05, 0.1) is 0 Å². The van der Waals surface area contributed by atoms with Gasteiger partial charge in [-0.25, -0.2) is 4.39 Å². The van der Waals surface area contributed by atoms with Crippen LogP contribution in [0.1, 0.15) is 31.1 Å². The Labute approximate surface area is 94.1 Å². The first kappa shape index (κ1) is 12.2. The van der Waals surface area contributed by atoms with Crippen LogP contribution in [0.2, 0.25) is 0 Å². The SMILES string of the molecule is CC(=O)c1ccc(SCC(C)C)c(F)c1. The Bertz CT molecular complexity index is 361. The smallest absolute Gasteiger partial charge is 0.159 e. The predicted octanol–water partition coefficient (Wildman–Crippen LogP) is 3.78. The van der Waals surface area contributed by atoms with Crippen molar-refractivity contribution < 1.29 is 9.18 Å². The van der Waals surface area contributed by atoms with Crippen LogP contribution in [0.5, 0.6) is 0 Å². The summed E-state index contributed by atoms with van der Waals surface area (Å²) < 4.78 is 13.5. The van der Waals surface area contributed by atoms with Gasteiger partial charge >= 0.3 is 0 Å². The average molecular weight is 226 g/mol. The summed E-state index contributed by atoms with van der Waals surface area (Å²) in [7, 11) is 0. The van der Waals surface area contributed by atoms with E-state index in [1.54, 1.807) is 12.1 Å². The molecule has 1 nitrogen and oxygen atoms in total. The van der Waals surface area contributed by atoms with E-state index in [0.29, 0.717) is 16.4 Å². The molecule has 15 heavy (non-hydrogen) atoms. The lowest BCUT2D eigenvalue weighted by Gasteiger charge is -2.06. The van der Waals surface area contributed by atoms with E-state index in [1.165, 1.54) is 24.8 Å². The van der Waals surface area contributed by atoms with Crippen molar-refractivity contribution in [2.75, 3.05) is 5.75 Å². The highest BCUT2D eigenvalue weighted by Crippen LogP contribution is 2.24. The summed E-state index contributed by atoms with van der Waals surface area (Å²) in [6.07, 6.45) is 0. The molecule has 3 heteroatoms. The molecular weight excluding hydrogens is 211 g/mol. The molecule has 0 saturated carbocycles. The average Bonchev–Trinajstić information content (AvgIpc) is 2.15. The second-order valence-corrected chi connectivity index (χ2v) is 4.97. The summed E-state index contributed by atoms with van der Waals surface area (Å²) in [5.74, 6) is 1.01. The van der Waals surface area contributed by atoms with E-state index in [9.17, 15) is 9.18 Å². The third-order valence-electron chi connectivity index (χ3n) is 1.91. The molecule has 1 aromatic rings. The van der Waals surface area contributed by atoms with Crippen LogP contribution in [-0.4, -0.2) is 11.5 Å². The normalized spacial score (nSPS) is 10.7. The number of Topliss-reactive ketones (excluding diaryl/α,β-unsaturated/α-hetero) is 1. The second kappa shape index (κ2) is 5.31. The zero-order chi connectivity index (χ0) is 11.4. The summed E-state index contributed by atoms with van der Waals surface area (Å²) in [4.78, 5) is 11.6. The van der Waals surface area contributed by atoms with E-state index >= 15 is 0 Å². The molecule has 0 atom stereocenters. The Morgan fingerprint density at radius 3 is 2.60 bits per heavy atom. The number of rotatable bonds is 4. The van der Waals surface area contributed by atoms with Gasteiger partial charge in [-0.05, 0) is 25.0 Å². The fraction of sp³-hybridized carbons (Fsp3) is 0.417. The van der Waals surface area contributed by atoms with E-state index in [2.05, 4.69) is 13.8 Å². The minimum absolute atomic E-state index is 0.102. The minimum Gasteiger partial charge on any atom is -0.295 e. The molecule has 0 amide bonds. The van der Waals surface area contributed by atoms with Crippen molar-refractivity contribution in [2.45, 2.75) is 25.7 Å². The Balaban J connectivity index is 2.79. The highest BCUT2D eigenvalue weighted by molar-refractivity contribution is 7.99. The van der Waals surface area contributed by atoms with Crippen molar-refractivity contribution in [1.82, 2.24) is 0 Å². The number of carbonyl (C=O) groups is 1. The van der Waals surface area contributed by atoms with Gasteiger partial charge in [-0.2, -0.15) is 0 Å². The van der Waals surface area contributed by atoms with Crippen molar-refractivity contribution in [2.24, 2.45) is 5.92 Å². The van der Waals surface area contributed by atoms with Crippen molar-refractivity contribution in [3.05, 3.63) is 29.6 Å². The third-order valence-corrected chi connectivity index (χ3v) is 3.39. The molecule has 0 N–H and O–H groups in total. The molecule has 0 aliphatic carbocycles. The molecular formula is C12H15FOS. The summed E-state index contributed by atoms with van der Waals surface area (Å²) in [5, 5.41) is 0. The summed E-state index contributed by atoms with van der Waals surface area (Å²) in [6.45, 7) is 5.62. The van der Waals surface area contributed by atoms with Crippen LogP contribution in [-0.2, 0) is 0 Å². The highest BCUT2D eigenvalue weighted by Gasteiger charge is 2.07. The van der Waals surface area contributed by atoms with Crippen LogP contribution in [0.4, 0.5) is 4.39 Å². The molecule has 1 rings (SSSR count). The molecule has 0 bridgehead atoms. The first-order valence-corrected chi connectivity index (χ1v) is 5.92. The standard InChI is InChI=1S/C12H15FOS/c1-8(2)7-15-12-5-4-10(9(3)14)6-11(12)13/h4-6,8H,7H2,1-3H3. The van der Waals surface area contributed by atoms with Crippen LogP contribution in [0.25, 0.3) is 0 Å². The van der Waals surface area contributed by atoms with Crippen LogP contribution in [0.3, 0.4) is 0 Å². The highest BCUT2D eigenvalue weighted by atomic mass is 32.2. The fourth-order valence-corrected chi connectivity index (χ4v) is 1.97. The van der Waals surface area contributed by atoms with Crippen LogP contribution < -0.4 is 0 Å². The lowest BCUT2D eigenvalue weighted by Crippen LogP contribution is -1.95. The number of ketones is 1. The minimum atomic E-state index is -0.298. The molecule has 0 saturated heterocycles. The number of benzene rings is 1. The Morgan fingerprint density at radius 2 is 2.13 bits per heavy atom. The molecule has 0 aromatic heterocycles. The molecule has 0 aliphatic heterocycles. The molecule has 0 radical (unpaired) electrons. The predicted molar refractivity (Wildman–Crippen MR) is 62.0 cm³/mol. The van der Waals surface area contributed by atoms with Gasteiger partial charge in [-0.1, -0.05) is 19.9 Å². The van der Waals surface area contributed by atoms with Crippen molar-refractivity contribution in [3.63, 3.8) is 0 Å². The molecule has 0 spiro atoms. The maximum Gasteiger partial charge on any atom is 0.159 e. The number of carbonyl (C=O) groups excluding carboxylic acids is 1. The number of halogens is 1. The summed E-state index contributed by atoms with van der Waals surface area (Å²) in [5.41, 5.74) is 0.432. The monoisotopic (exact) mass is 226 g/mol. The van der Waals surface area contributed by atoms with Gasteiger partial charge in [0.1, 0.15) is 5.82 Å². The third kappa shape index (κ3) is 3.67. The van der Waals surface area contributed by atoms with Gasteiger partial charge in [0.25, 0.3) is 0 Å². The van der Waals surface area contributed by atoms with Gasteiger partial charge in [-0.3, -0.25) is 4.79 Å². The second-order valence-electron chi connectivity index (χ2n) is 3.91. The Hall–Kier alpha value is -0.830. The van der Waals surface area contributed by atoms with Crippen LogP contribution >= 0.6 is 11.8 Å². The zero-order valence-corrected chi connectivity index (χ0v) is 10.0. The first-order valence-electron chi connectivity index (χ1n) is 4.94. The van der Waals surface area contributed by atoms with Gasteiger partial charge < -0.3 is 0 Å². The van der Waals surface area contributed by atoms with Crippen LogP contribution in [0.15, 0.2) is 23.1 Å². The van der Waals surface area contributed by atoms with Crippen molar-refractivity contribution in [1.29, 1.82) is 0 Å². The number of thioether (sulfide) groups is 1. The molecule has 0 unspecified atom stereocenters. The number of hydrogen-bond donors (Lipinski definition) is 0. The van der Waals surface area contributed by atoms with Crippen LogP contribution in [0, 0.1) is 11.7 Å².